The minimum Gasteiger partial charge on any atom is -0.465 e. The zero-order valence-electron chi connectivity index (χ0n) is 8.79. The van der Waals surface area contributed by atoms with Crippen molar-refractivity contribution in [2.24, 2.45) is 0 Å². The van der Waals surface area contributed by atoms with Crippen LogP contribution in [0.25, 0.3) is 0 Å². The Bertz CT molecular complexity index is 301. The summed E-state index contributed by atoms with van der Waals surface area (Å²) in [4.78, 5) is 3.84. The molecular formula is C12H18N2. The van der Waals surface area contributed by atoms with Gasteiger partial charge in [-0.1, -0.05) is 12.1 Å². The van der Waals surface area contributed by atoms with Gasteiger partial charge < -0.3 is 9.80 Å². The van der Waals surface area contributed by atoms with Crippen LogP contribution < -0.4 is 9.80 Å². The summed E-state index contributed by atoms with van der Waals surface area (Å²) in [5.41, 5.74) is 2.70. The van der Waals surface area contributed by atoms with Gasteiger partial charge in [-0.05, 0) is 24.6 Å². The monoisotopic (exact) mass is 190 g/mol. The second-order valence-electron chi connectivity index (χ2n) is 4.08. The van der Waals surface area contributed by atoms with E-state index in [0.29, 0.717) is 0 Å². The quantitative estimate of drug-likeness (QED) is 0.633. The van der Waals surface area contributed by atoms with Gasteiger partial charge in [-0.3, -0.25) is 0 Å². The van der Waals surface area contributed by atoms with Gasteiger partial charge in [0.15, 0.2) is 0 Å². The maximum absolute atomic E-state index is 4.03. The molecule has 0 atom stereocenters. The van der Waals surface area contributed by atoms with Gasteiger partial charge in [0.1, 0.15) is 0 Å². The molecule has 1 aromatic rings. The van der Waals surface area contributed by atoms with Crippen molar-refractivity contribution >= 4 is 5.69 Å². The van der Waals surface area contributed by atoms with Crippen LogP contribution in [-0.4, -0.2) is 26.2 Å². The number of aryl methyl sites for hydroxylation is 1. The molecule has 14 heavy (non-hydrogen) atoms. The molecule has 1 N–H and O–H groups in total. The number of quaternary nitrogens is 1. The molecule has 0 unspecified atom stereocenters. The van der Waals surface area contributed by atoms with E-state index in [2.05, 4.69) is 43.1 Å². The molecule has 0 bridgehead atoms. The summed E-state index contributed by atoms with van der Waals surface area (Å²) in [6, 6.07) is 8.73. The minimum atomic E-state index is 1.13. The summed E-state index contributed by atoms with van der Waals surface area (Å²) >= 11 is 0. The van der Waals surface area contributed by atoms with Gasteiger partial charge >= 0.3 is 0 Å². The Balaban J connectivity index is 2.08. The van der Waals surface area contributed by atoms with Gasteiger partial charge in [-0.25, -0.2) is 0 Å². The highest BCUT2D eigenvalue weighted by Gasteiger charge is 2.13. The topological polar surface area (TPSA) is 7.68 Å². The third-order valence-electron chi connectivity index (χ3n) is 2.84. The van der Waals surface area contributed by atoms with Gasteiger partial charge in [0.25, 0.3) is 0 Å². The molecule has 2 rings (SSSR count). The van der Waals surface area contributed by atoms with Crippen LogP contribution in [0.5, 0.6) is 0 Å². The van der Waals surface area contributed by atoms with E-state index in [1.165, 1.54) is 16.2 Å². The Morgan fingerprint density at radius 3 is 2.64 bits per heavy atom. The predicted molar refractivity (Wildman–Crippen MR) is 59.4 cm³/mol. The van der Waals surface area contributed by atoms with Crippen molar-refractivity contribution in [1.82, 2.24) is 0 Å². The van der Waals surface area contributed by atoms with Gasteiger partial charge in [-0.15, -0.1) is 0 Å². The Hall–Kier alpha value is -1.02. The van der Waals surface area contributed by atoms with E-state index in [4.69, 9.17) is 0 Å². The van der Waals surface area contributed by atoms with Gasteiger partial charge in [0.05, 0.1) is 26.2 Å². The third-order valence-corrected chi connectivity index (χ3v) is 2.84. The standard InChI is InChI=1S/C12H18N2/c1-11-4-3-5-12(10-11)14-8-6-13(2)7-9-14/h3-5,10,13H,2,6-9H2,1H3. The van der Waals surface area contributed by atoms with Gasteiger partial charge in [0, 0.05) is 5.69 Å². The van der Waals surface area contributed by atoms with Crippen molar-refractivity contribution < 1.29 is 4.90 Å². The number of hydrogen-bond acceptors (Lipinski definition) is 1. The number of nitrogens with one attached hydrogen (secondary N) is 1. The molecule has 1 saturated heterocycles. The first kappa shape index (κ1) is 9.53. The van der Waals surface area contributed by atoms with Crippen LogP contribution in [0.3, 0.4) is 0 Å². The van der Waals surface area contributed by atoms with Crippen LogP contribution in [-0.2, 0) is 0 Å². The Kier molecular flexibility index (Phi) is 2.73. The number of rotatable bonds is 1. The summed E-state index contributed by atoms with van der Waals surface area (Å²) < 4.78 is 0. The van der Waals surface area contributed by atoms with Gasteiger partial charge in [0.2, 0.25) is 0 Å². The number of anilines is 1. The molecule has 1 aliphatic rings. The lowest BCUT2D eigenvalue weighted by Gasteiger charge is -2.35. The van der Waals surface area contributed by atoms with Crippen molar-refractivity contribution in [3.63, 3.8) is 0 Å². The summed E-state index contributed by atoms with van der Waals surface area (Å²) in [6.45, 7) is 6.69. The molecule has 0 amide bonds. The number of piperazine rings is 1. The molecule has 0 aliphatic carbocycles. The first-order valence-corrected chi connectivity index (χ1v) is 5.24. The van der Waals surface area contributed by atoms with E-state index in [-0.39, 0.29) is 0 Å². The van der Waals surface area contributed by atoms with Crippen molar-refractivity contribution in [1.29, 1.82) is 0 Å². The average molecular weight is 190 g/mol. The zero-order chi connectivity index (χ0) is 9.97. The van der Waals surface area contributed by atoms with Crippen LogP contribution in [0.2, 0.25) is 0 Å². The maximum atomic E-state index is 4.03. The minimum absolute atomic E-state index is 1.13. The SMILES string of the molecule is [CH2-][NH+]1CCN(c2cccc(C)c2)CC1. The summed E-state index contributed by atoms with van der Waals surface area (Å²) in [5.74, 6) is 0. The fraction of sp³-hybridized carbons (Fsp3) is 0.417. The van der Waals surface area contributed by atoms with E-state index in [1.54, 1.807) is 0 Å². The second kappa shape index (κ2) is 4.01. The van der Waals surface area contributed by atoms with Crippen LogP contribution in [0, 0.1) is 14.0 Å². The second-order valence-corrected chi connectivity index (χ2v) is 4.08. The molecule has 1 aliphatic heterocycles. The molecule has 76 valence electrons. The first-order valence-electron chi connectivity index (χ1n) is 5.24. The lowest BCUT2D eigenvalue weighted by atomic mass is 10.2. The highest BCUT2D eigenvalue weighted by atomic mass is 15.2. The summed E-state index contributed by atoms with van der Waals surface area (Å²) in [5, 5.41) is 0. The number of nitrogens with zero attached hydrogens (tertiary/aromatic N) is 1. The van der Waals surface area contributed by atoms with E-state index in [0.717, 1.165) is 26.2 Å². The number of hydrogen-bond donors (Lipinski definition) is 1. The van der Waals surface area contributed by atoms with Crippen LogP contribution >= 0.6 is 0 Å². The first-order chi connectivity index (χ1) is 6.75. The Labute approximate surface area is 86.1 Å². The molecule has 0 spiro atoms. The van der Waals surface area contributed by atoms with Crippen LogP contribution in [0.1, 0.15) is 5.56 Å². The van der Waals surface area contributed by atoms with E-state index >= 15 is 0 Å². The van der Waals surface area contributed by atoms with Gasteiger partial charge in [-0.2, -0.15) is 7.05 Å². The molecule has 1 heterocycles. The zero-order valence-corrected chi connectivity index (χ0v) is 8.79. The largest absolute Gasteiger partial charge is 0.465 e. The van der Waals surface area contributed by atoms with E-state index in [1.807, 2.05) is 0 Å². The van der Waals surface area contributed by atoms with Crippen LogP contribution in [0.15, 0.2) is 24.3 Å². The lowest BCUT2D eigenvalue weighted by Crippen LogP contribution is -3.10. The predicted octanol–water partition coefficient (Wildman–Crippen LogP) is 0.492. The summed E-state index contributed by atoms with van der Waals surface area (Å²) in [7, 11) is 4.03. The molecular weight excluding hydrogens is 172 g/mol. The highest BCUT2D eigenvalue weighted by Crippen LogP contribution is 2.15. The van der Waals surface area contributed by atoms with Crippen molar-refractivity contribution in [2.45, 2.75) is 6.92 Å². The molecule has 2 heteroatoms. The lowest BCUT2D eigenvalue weighted by molar-refractivity contribution is -0.854. The van der Waals surface area contributed by atoms with Crippen molar-refractivity contribution in [2.75, 3.05) is 31.1 Å². The highest BCUT2D eigenvalue weighted by molar-refractivity contribution is 5.48. The Morgan fingerprint density at radius 1 is 1.29 bits per heavy atom. The molecule has 0 radical (unpaired) electrons. The van der Waals surface area contributed by atoms with Crippen LogP contribution in [0.4, 0.5) is 5.69 Å². The fourth-order valence-corrected chi connectivity index (χ4v) is 1.91. The van der Waals surface area contributed by atoms with E-state index < -0.39 is 0 Å². The molecule has 0 saturated carbocycles. The third kappa shape index (κ3) is 2.07. The molecule has 0 aromatic heterocycles. The normalized spacial score (nSPS) is 18.6. The summed E-state index contributed by atoms with van der Waals surface area (Å²) in [6.07, 6.45) is 0. The fourth-order valence-electron chi connectivity index (χ4n) is 1.91. The Morgan fingerprint density at radius 2 is 2.00 bits per heavy atom. The maximum Gasteiger partial charge on any atom is 0.0709 e. The van der Waals surface area contributed by atoms with Crippen molar-refractivity contribution in [3.8, 4) is 0 Å². The molecule has 1 fully saturated rings. The van der Waals surface area contributed by atoms with E-state index in [9.17, 15) is 0 Å². The average Bonchev–Trinajstić information content (AvgIpc) is 2.19. The van der Waals surface area contributed by atoms with Crippen molar-refractivity contribution in [3.05, 3.63) is 36.9 Å². The smallest absolute Gasteiger partial charge is 0.0709 e. The number of benzene rings is 1. The molecule has 1 aromatic carbocycles. The molecule has 2 nitrogen and oxygen atoms in total.